The molecule has 3 aromatic rings. The quantitative estimate of drug-likeness (QED) is 0.706. The van der Waals surface area contributed by atoms with Gasteiger partial charge in [-0.05, 0) is 29.8 Å². The van der Waals surface area contributed by atoms with Crippen LogP contribution in [0.2, 0.25) is 0 Å². The van der Waals surface area contributed by atoms with Gasteiger partial charge >= 0.3 is 0 Å². The molecule has 0 bridgehead atoms. The van der Waals surface area contributed by atoms with Crippen LogP contribution in [0.1, 0.15) is 18.3 Å². The van der Waals surface area contributed by atoms with Crippen LogP contribution in [0.3, 0.4) is 0 Å². The minimum Gasteiger partial charge on any atom is -0.323 e. The predicted molar refractivity (Wildman–Crippen MR) is 74.6 cm³/mol. The lowest BCUT2D eigenvalue weighted by molar-refractivity contribution is 0.577. The number of para-hydroxylation sites is 2. The van der Waals surface area contributed by atoms with Crippen molar-refractivity contribution in [2.24, 2.45) is 0 Å². The summed E-state index contributed by atoms with van der Waals surface area (Å²) in [7, 11) is 0. The monoisotopic (exact) mass is 272 g/mol. The summed E-state index contributed by atoms with van der Waals surface area (Å²) < 4.78 is 28.6. The molecule has 0 unspecified atom stereocenters. The van der Waals surface area contributed by atoms with Gasteiger partial charge in [0.15, 0.2) is 0 Å². The van der Waals surface area contributed by atoms with Crippen molar-refractivity contribution in [1.82, 2.24) is 9.55 Å². The predicted octanol–water partition coefficient (Wildman–Crippen LogP) is 3.93. The second kappa shape index (κ2) is 5.04. The molecule has 0 spiro atoms. The molecule has 0 amide bonds. The topological polar surface area (TPSA) is 17.8 Å². The minimum atomic E-state index is -0.553. The Labute approximate surface area is 115 Å². The highest BCUT2D eigenvalue weighted by Crippen LogP contribution is 2.19. The average Bonchev–Trinajstić information content (AvgIpc) is 2.76. The van der Waals surface area contributed by atoms with Crippen LogP contribution in [0.5, 0.6) is 0 Å². The molecule has 0 radical (unpaired) electrons. The number of hydrogen-bond acceptors (Lipinski definition) is 1. The Hall–Kier alpha value is -2.23. The summed E-state index contributed by atoms with van der Waals surface area (Å²) in [6.07, 6.45) is 0.770. The summed E-state index contributed by atoms with van der Waals surface area (Å²) >= 11 is 0. The highest BCUT2D eigenvalue weighted by molar-refractivity contribution is 5.76. The molecule has 0 aliphatic rings. The van der Waals surface area contributed by atoms with Crippen molar-refractivity contribution in [3.05, 3.63) is 65.5 Å². The van der Waals surface area contributed by atoms with Crippen molar-refractivity contribution in [1.29, 1.82) is 0 Å². The highest BCUT2D eigenvalue weighted by atomic mass is 19.1. The molecule has 0 N–H and O–H groups in total. The molecule has 4 heteroatoms. The van der Waals surface area contributed by atoms with E-state index in [4.69, 9.17) is 0 Å². The van der Waals surface area contributed by atoms with Crippen molar-refractivity contribution in [3.63, 3.8) is 0 Å². The first kappa shape index (κ1) is 12.8. The van der Waals surface area contributed by atoms with Crippen LogP contribution in [0.15, 0.2) is 42.5 Å². The van der Waals surface area contributed by atoms with E-state index in [1.54, 1.807) is 0 Å². The normalized spacial score (nSPS) is 11.2. The third kappa shape index (κ3) is 2.29. The van der Waals surface area contributed by atoms with Gasteiger partial charge in [-0.15, -0.1) is 0 Å². The van der Waals surface area contributed by atoms with Gasteiger partial charge in [-0.25, -0.2) is 13.8 Å². The molecule has 2 aromatic carbocycles. The fourth-order valence-electron chi connectivity index (χ4n) is 2.46. The van der Waals surface area contributed by atoms with Crippen LogP contribution in [0, 0.1) is 11.6 Å². The first-order valence-electron chi connectivity index (χ1n) is 6.56. The number of benzene rings is 2. The minimum absolute atomic E-state index is 0.415. The van der Waals surface area contributed by atoms with Gasteiger partial charge in [-0.2, -0.15) is 0 Å². The maximum atomic E-state index is 13.3. The van der Waals surface area contributed by atoms with E-state index in [1.165, 1.54) is 12.1 Å². The first-order chi connectivity index (χ1) is 9.67. The van der Waals surface area contributed by atoms with Gasteiger partial charge in [-0.3, -0.25) is 0 Å². The van der Waals surface area contributed by atoms with Gasteiger partial charge in [0.2, 0.25) is 0 Å². The summed E-state index contributed by atoms with van der Waals surface area (Å²) in [6, 6.07) is 11.4. The van der Waals surface area contributed by atoms with Crippen molar-refractivity contribution in [3.8, 4) is 0 Å². The Bertz CT molecular complexity index is 742. The lowest BCUT2D eigenvalue weighted by Crippen LogP contribution is -2.05. The van der Waals surface area contributed by atoms with Crippen LogP contribution >= 0.6 is 0 Å². The van der Waals surface area contributed by atoms with Crippen LogP contribution in [0.25, 0.3) is 11.0 Å². The van der Waals surface area contributed by atoms with E-state index < -0.39 is 11.6 Å². The average molecular weight is 272 g/mol. The summed E-state index contributed by atoms with van der Waals surface area (Å²) in [5.41, 5.74) is 2.48. The number of halogens is 2. The van der Waals surface area contributed by atoms with E-state index in [1.807, 2.05) is 35.8 Å². The molecule has 102 valence electrons. The third-order valence-corrected chi connectivity index (χ3v) is 3.31. The SMILES string of the molecule is CCc1nc2ccccc2n1Cc1cc(F)cc(F)c1. The first-order valence-corrected chi connectivity index (χ1v) is 6.56. The zero-order valence-corrected chi connectivity index (χ0v) is 11.1. The Balaban J connectivity index is 2.09. The smallest absolute Gasteiger partial charge is 0.126 e. The molecule has 0 aliphatic carbocycles. The van der Waals surface area contributed by atoms with Crippen LogP contribution in [0.4, 0.5) is 8.78 Å². The lowest BCUT2D eigenvalue weighted by Gasteiger charge is -2.08. The Morgan fingerprint density at radius 1 is 1.05 bits per heavy atom. The summed E-state index contributed by atoms with van der Waals surface area (Å²) in [4.78, 5) is 4.55. The number of hydrogen-bond donors (Lipinski definition) is 0. The number of aryl methyl sites for hydroxylation is 1. The van der Waals surface area contributed by atoms with Crippen molar-refractivity contribution >= 4 is 11.0 Å². The zero-order chi connectivity index (χ0) is 14.1. The highest BCUT2D eigenvalue weighted by Gasteiger charge is 2.10. The van der Waals surface area contributed by atoms with Gasteiger partial charge in [-0.1, -0.05) is 19.1 Å². The maximum absolute atomic E-state index is 13.3. The number of aromatic nitrogens is 2. The van der Waals surface area contributed by atoms with E-state index >= 15 is 0 Å². The maximum Gasteiger partial charge on any atom is 0.126 e. The number of fused-ring (bicyclic) bond motifs is 1. The fourth-order valence-corrected chi connectivity index (χ4v) is 2.46. The Morgan fingerprint density at radius 2 is 1.75 bits per heavy atom. The molecule has 0 saturated heterocycles. The van der Waals surface area contributed by atoms with Crippen molar-refractivity contribution < 1.29 is 8.78 Å². The molecule has 1 heterocycles. The lowest BCUT2D eigenvalue weighted by atomic mass is 10.2. The molecule has 20 heavy (non-hydrogen) atoms. The standard InChI is InChI=1S/C16H14F2N2/c1-2-16-19-14-5-3-4-6-15(14)20(16)10-11-7-12(17)9-13(18)8-11/h3-9H,2,10H2,1H3. The Kier molecular flexibility index (Phi) is 3.22. The van der Waals surface area contributed by atoms with E-state index in [-0.39, 0.29) is 0 Å². The molecular weight excluding hydrogens is 258 g/mol. The molecule has 0 aliphatic heterocycles. The molecule has 1 aromatic heterocycles. The van der Waals surface area contributed by atoms with Crippen molar-refractivity contribution in [2.45, 2.75) is 19.9 Å². The summed E-state index contributed by atoms with van der Waals surface area (Å²) in [6.45, 7) is 2.43. The van der Waals surface area contributed by atoms with Gasteiger partial charge in [0.1, 0.15) is 17.5 Å². The molecule has 2 nitrogen and oxygen atoms in total. The van der Waals surface area contributed by atoms with E-state index in [0.29, 0.717) is 12.1 Å². The molecular formula is C16H14F2N2. The number of imidazole rings is 1. The van der Waals surface area contributed by atoms with Crippen LogP contribution < -0.4 is 0 Å². The molecule has 0 saturated carbocycles. The molecule has 3 rings (SSSR count). The summed E-state index contributed by atoms with van der Waals surface area (Å²) in [5, 5.41) is 0. The van der Waals surface area contributed by atoms with Crippen LogP contribution in [-0.4, -0.2) is 9.55 Å². The fraction of sp³-hybridized carbons (Fsp3) is 0.188. The second-order valence-corrected chi connectivity index (χ2v) is 4.73. The van der Waals surface area contributed by atoms with E-state index in [9.17, 15) is 8.78 Å². The zero-order valence-electron chi connectivity index (χ0n) is 11.1. The number of rotatable bonds is 3. The third-order valence-electron chi connectivity index (χ3n) is 3.31. The van der Waals surface area contributed by atoms with E-state index in [2.05, 4.69) is 4.98 Å². The van der Waals surface area contributed by atoms with Gasteiger partial charge in [0, 0.05) is 19.0 Å². The summed E-state index contributed by atoms with van der Waals surface area (Å²) in [5.74, 6) is -0.194. The van der Waals surface area contributed by atoms with Gasteiger partial charge in [0.05, 0.1) is 11.0 Å². The van der Waals surface area contributed by atoms with Crippen LogP contribution in [-0.2, 0) is 13.0 Å². The van der Waals surface area contributed by atoms with Gasteiger partial charge < -0.3 is 4.57 Å². The largest absolute Gasteiger partial charge is 0.323 e. The van der Waals surface area contributed by atoms with E-state index in [0.717, 1.165) is 29.3 Å². The van der Waals surface area contributed by atoms with Crippen molar-refractivity contribution in [2.75, 3.05) is 0 Å². The molecule has 0 fully saturated rings. The molecule has 0 atom stereocenters. The van der Waals surface area contributed by atoms with Gasteiger partial charge in [0.25, 0.3) is 0 Å². The second-order valence-electron chi connectivity index (χ2n) is 4.73. The number of nitrogens with zero attached hydrogens (tertiary/aromatic N) is 2. The Morgan fingerprint density at radius 3 is 2.45 bits per heavy atom.